The minimum Gasteiger partial charge on any atom is -0.352 e. The average molecular weight is 475 g/mol. The molecule has 0 spiro atoms. The SMILES string of the molecule is Cc1cccc(CNC(=O)Cc2cccc(N(Cc3ccccc3)C(=O)/C=C/c3ccccc3)c2)c1. The smallest absolute Gasteiger partial charge is 0.251 e. The fourth-order valence-electron chi connectivity index (χ4n) is 3.99. The molecule has 0 aliphatic rings. The van der Waals surface area contributed by atoms with Crippen LogP contribution in [0, 0.1) is 6.92 Å². The van der Waals surface area contributed by atoms with Crippen LogP contribution in [0.15, 0.2) is 115 Å². The molecule has 0 atom stereocenters. The Labute approximate surface area is 212 Å². The van der Waals surface area contributed by atoms with Crippen LogP contribution in [0.5, 0.6) is 0 Å². The summed E-state index contributed by atoms with van der Waals surface area (Å²) < 4.78 is 0. The molecule has 0 bridgehead atoms. The first kappa shape index (κ1) is 24.7. The summed E-state index contributed by atoms with van der Waals surface area (Å²) in [5, 5.41) is 2.99. The van der Waals surface area contributed by atoms with Gasteiger partial charge in [0.2, 0.25) is 5.91 Å². The van der Waals surface area contributed by atoms with Crippen LogP contribution in [0.25, 0.3) is 6.08 Å². The lowest BCUT2D eigenvalue weighted by Crippen LogP contribution is -2.29. The van der Waals surface area contributed by atoms with E-state index in [-0.39, 0.29) is 18.2 Å². The Hall–Kier alpha value is -4.44. The monoisotopic (exact) mass is 474 g/mol. The van der Waals surface area contributed by atoms with Crippen molar-refractivity contribution >= 4 is 23.6 Å². The maximum atomic E-state index is 13.3. The van der Waals surface area contributed by atoms with E-state index in [0.717, 1.165) is 27.9 Å². The normalized spacial score (nSPS) is 10.8. The number of aryl methyl sites for hydroxylation is 1. The Morgan fingerprint density at radius 2 is 1.42 bits per heavy atom. The molecule has 0 aromatic heterocycles. The van der Waals surface area contributed by atoms with Gasteiger partial charge < -0.3 is 10.2 Å². The quantitative estimate of drug-likeness (QED) is 0.298. The summed E-state index contributed by atoms with van der Waals surface area (Å²) in [5.74, 6) is -0.178. The fourth-order valence-corrected chi connectivity index (χ4v) is 3.99. The highest BCUT2D eigenvalue weighted by Gasteiger charge is 2.15. The Kier molecular flexibility index (Phi) is 8.44. The van der Waals surface area contributed by atoms with E-state index in [0.29, 0.717) is 13.1 Å². The van der Waals surface area contributed by atoms with Gasteiger partial charge in [-0.15, -0.1) is 0 Å². The molecular formula is C32H30N2O2. The van der Waals surface area contributed by atoms with Crippen molar-refractivity contribution in [2.75, 3.05) is 4.90 Å². The second-order valence-corrected chi connectivity index (χ2v) is 8.77. The highest BCUT2D eigenvalue weighted by molar-refractivity contribution is 6.03. The van der Waals surface area contributed by atoms with Crippen LogP contribution in [0.1, 0.15) is 27.8 Å². The van der Waals surface area contributed by atoms with Crippen LogP contribution in [0.2, 0.25) is 0 Å². The van der Waals surface area contributed by atoms with E-state index in [4.69, 9.17) is 0 Å². The molecule has 0 fully saturated rings. The van der Waals surface area contributed by atoms with Gasteiger partial charge in [-0.3, -0.25) is 9.59 Å². The van der Waals surface area contributed by atoms with Crippen molar-refractivity contribution < 1.29 is 9.59 Å². The number of hydrogen-bond acceptors (Lipinski definition) is 2. The summed E-state index contributed by atoms with van der Waals surface area (Å²) in [7, 11) is 0. The summed E-state index contributed by atoms with van der Waals surface area (Å²) in [5.41, 5.74) is 5.84. The highest BCUT2D eigenvalue weighted by Crippen LogP contribution is 2.21. The van der Waals surface area contributed by atoms with E-state index < -0.39 is 0 Å². The Morgan fingerprint density at radius 1 is 0.750 bits per heavy atom. The lowest BCUT2D eigenvalue weighted by molar-refractivity contribution is -0.120. The molecule has 0 unspecified atom stereocenters. The number of hydrogen-bond donors (Lipinski definition) is 1. The van der Waals surface area contributed by atoms with Gasteiger partial charge in [0.05, 0.1) is 13.0 Å². The molecule has 4 aromatic rings. The average Bonchev–Trinajstić information content (AvgIpc) is 2.90. The molecule has 4 rings (SSSR count). The van der Waals surface area contributed by atoms with E-state index in [9.17, 15) is 9.59 Å². The third-order valence-electron chi connectivity index (χ3n) is 5.83. The van der Waals surface area contributed by atoms with Gasteiger partial charge in [0.15, 0.2) is 0 Å². The predicted molar refractivity (Wildman–Crippen MR) is 146 cm³/mol. The maximum absolute atomic E-state index is 13.3. The van der Waals surface area contributed by atoms with Gasteiger partial charge in [-0.05, 0) is 47.4 Å². The molecule has 0 aliphatic carbocycles. The van der Waals surface area contributed by atoms with E-state index in [1.807, 2.05) is 116 Å². The van der Waals surface area contributed by atoms with Crippen molar-refractivity contribution in [2.24, 2.45) is 0 Å². The van der Waals surface area contributed by atoms with E-state index in [1.165, 1.54) is 5.56 Å². The minimum absolute atomic E-state index is 0.0569. The van der Waals surface area contributed by atoms with Crippen molar-refractivity contribution in [1.29, 1.82) is 0 Å². The Morgan fingerprint density at radius 3 is 2.17 bits per heavy atom. The zero-order valence-corrected chi connectivity index (χ0v) is 20.4. The zero-order valence-electron chi connectivity index (χ0n) is 20.4. The van der Waals surface area contributed by atoms with E-state index in [2.05, 4.69) is 11.4 Å². The molecule has 4 aromatic carbocycles. The number of carbonyl (C=O) groups is 2. The molecule has 2 amide bonds. The first-order valence-electron chi connectivity index (χ1n) is 12.1. The topological polar surface area (TPSA) is 49.4 Å². The summed E-state index contributed by atoms with van der Waals surface area (Å²) in [6.07, 6.45) is 3.66. The number of nitrogens with one attached hydrogen (secondary N) is 1. The van der Waals surface area contributed by atoms with Crippen molar-refractivity contribution in [3.05, 3.63) is 143 Å². The predicted octanol–water partition coefficient (Wildman–Crippen LogP) is 6.10. The molecule has 0 aliphatic heterocycles. The van der Waals surface area contributed by atoms with Gasteiger partial charge in [-0.25, -0.2) is 0 Å². The van der Waals surface area contributed by atoms with Gasteiger partial charge in [0, 0.05) is 18.3 Å². The molecule has 0 heterocycles. The van der Waals surface area contributed by atoms with E-state index >= 15 is 0 Å². The maximum Gasteiger partial charge on any atom is 0.251 e. The molecule has 4 nitrogen and oxygen atoms in total. The molecule has 36 heavy (non-hydrogen) atoms. The zero-order chi connectivity index (χ0) is 25.2. The number of nitrogens with zero attached hydrogens (tertiary/aromatic N) is 1. The van der Waals surface area contributed by atoms with Crippen LogP contribution in [0.3, 0.4) is 0 Å². The first-order valence-corrected chi connectivity index (χ1v) is 12.1. The first-order chi connectivity index (χ1) is 17.6. The highest BCUT2D eigenvalue weighted by atomic mass is 16.2. The molecule has 0 radical (unpaired) electrons. The molecule has 4 heteroatoms. The summed E-state index contributed by atoms with van der Waals surface area (Å²) in [6, 6.07) is 35.4. The largest absolute Gasteiger partial charge is 0.352 e. The van der Waals surface area contributed by atoms with Crippen LogP contribution < -0.4 is 10.2 Å². The van der Waals surface area contributed by atoms with Crippen LogP contribution in [0.4, 0.5) is 5.69 Å². The standard InChI is InChI=1S/C32H30N2O2/c1-25-10-8-16-29(20-25)23-33-31(35)22-28-15-9-17-30(21-28)34(24-27-13-6-3-7-14-27)32(36)19-18-26-11-4-2-5-12-26/h2-21H,22-24H2,1H3,(H,33,35)/b19-18+. The third-order valence-corrected chi connectivity index (χ3v) is 5.83. The van der Waals surface area contributed by atoms with Gasteiger partial charge in [0.1, 0.15) is 0 Å². The van der Waals surface area contributed by atoms with Crippen molar-refractivity contribution in [3.8, 4) is 0 Å². The number of rotatable bonds is 9. The van der Waals surface area contributed by atoms with Crippen LogP contribution in [-0.2, 0) is 29.1 Å². The molecule has 0 saturated carbocycles. The summed E-state index contributed by atoms with van der Waals surface area (Å²) >= 11 is 0. The fraction of sp³-hybridized carbons (Fsp3) is 0.125. The van der Waals surface area contributed by atoms with Gasteiger partial charge in [-0.2, -0.15) is 0 Å². The van der Waals surface area contributed by atoms with Crippen molar-refractivity contribution in [2.45, 2.75) is 26.4 Å². The number of anilines is 1. The second kappa shape index (κ2) is 12.3. The van der Waals surface area contributed by atoms with Gasteiger partial charge in [-0.1, -0.05) is 103 Å². The number of amides is 2. The minimum atomic E-state index is -0.122. The van der Waals surface area contributed by atoms with Crippen molar-refractivity contribution in [1.82, 2.24) is 5.32 Å². The van der Waals surface area contributed by atoms with E-state index in [1.54, 1.807) is 11.0 Å². The Bertz CT molecular complexity index is 1330. The third kappa shape index (κ3) is 7.28. The van der Waals surface area contributed by atoms with Crippen LogP contribution in [-0.4, -0.2) is 11.8 Å². The molecule has 0 saturated heterocycles. The number of benzene rings is 4. The summed E-state index contributed by atoms with van der Waals surface area (Å²) in [6.45, 7) is 2.96. The number of carbonyl (C=O) groups excluding carboxylic acids is 2. The lowest BCUT2D eigenvalue weighted by Gasteiger charge is -2.22. The summed E-state index contributed by atoms with van der Waals surface area (Å²) in [4.78, 5) is 27.7. The molecule has 1 N–H and O–H groups in total. The lowest BCUT2D eigenvalue weighted by atomic mass is 10.1. The Balaban J connectivity index is 1.49. The van der Waals surface area contributed by atoms with Gasteiger partial charge >= 0.3 is 0 Å². The van der Waals surface area contributed by atoms with Crippen LogP contribution >= 0.6 is 0 Å². The van der Waals surface area contributed by atoms with Crippen molar-refractivity contribution in [3.63, 3.8) is 0 Å². The van der Waals surface area contributed by atoms with Gasteiger partial charge in [0.25, 0.3) is 5.91 Å². The molecule has 180 valence electrons. The molecular weight excluding hydrogens is 444 g/mol. The second-order valence-electron chi connectivity index (χ2n) is 8.77.